The first kappa shape index (κ1) is 20.0. The van der Waals surface area contributed by atoms with Crippen molar-refractivity contribution in [1.29, 1.82) is 0 Å². The zero-order valence-corrected chi connectivity index (χ0v) is 17.5. The molecular formula is C17H31N3OSi2. The fraction of sp³-hybridized carbons (Fsp3) is 0.647. The summed E-state index contributed by atoms with van der Waals surface area (Å²) in [6, 6.07) is 9.73. The Bertz CT molecular complexity index is 532. The molecule has 0 spiro atoms. The predicted octanol–water partition coefficient (Wildman–Crippen LogP) is 6.44. The number of hydrogen-bond acceptors (Lipinski definition) is 2. The lowest BCUT2D eigenvalue weighted by Crippen LogP contribution is -2.42. The minimum absolute atomic E-state index is 0.428. The molecule has 23 heavy (non-hydrogen) atoms. The van der Waals surface area contributed by atoms with E-state index in [9.17, 15) is 0 Å². The fourth-order valence-electron chi connectivity index (χ4n) is 3.02. The molecular weight excluding hydrogens is 318 g/mol. The molecule has 4 nitrogen and oxygen atoms in total. The summed E-state index contributed by atoms with van der Waals surface area (Å²) in [6.07, 6.45) is 2.34. The van der Waals surface area contributed by atoms with Crippen LogP contribution < -0.4 is 0 Å². The molecule has 0 heterocycles. The molecule has 0 radical (unpaired) electrons. The Kier molecular flexibility index (Phi) is 7.54. The first-order valence-corrected chi connectivity index (χ1v) is 15.0. The molecule has 0 aliphatic rings. The highest BCUT2D eigenvalue weighted by Crippen LogP contribution is 2.30. The van der Waals surface area contributed by atoms with Gasteiger partial charge in [0.05, 0.1) is 6.54 Å². The standard InChI is InChI=1S/C17H31N3OSi2/c1-7-16(12-13-23(5,6)21-22(2,3)4)17-10-8-15(9-11-17)14-19-20-18/h8-11,16H,7,12-14H2,1-6H3. The third kappa shape index (κ3) is 7.84. The van der Waals surface area contributed by atoms with E-state index >= 15 is 0 Å². The monoisotopic (exact) mass is 349 g/mol. The van der Waals surface area contributed by atoms with Crippen molar-refractivity contribution in [1.82, 2.24) is 0 Å². The topological polar surface area (TPSA) is 58.0 Å². The van der Waals surface area contributed by atoms with E-state index in [-0.39, 0.29) is 0 Å². The first-order valence-electron chi connectivity index (χ1n) is 8.47. The lowest BCUT2D eigenvalue weighted by molar-refractivity contribution is 0.531. The average Bonchev–Trinajstić information content (AvgIpc) is 2.44. The molecule has 128 valence electrons. The van der Waals surface area contributed by atoms with E-state index in [4.69, 9.17) is 9.65 Å². The highest BCUT2D eigenvalue weighted by Gasteiger charge is 2.30. The third-order valence-corrected chi connectivity index (χ3v) is 10.1. The van der Waals surface area contributed by atoms with Crippen molar-refractivity contribution in [2.75, 3.05) is 0 Å². The minimum Gasteiger partial charge on any atom is -0.456 e. The third-order valence-electron chi connectivity index (χ3n) is 3.94. The minimum atomic E-state index is -1.57. The van der Waals surface area contributed by atoms with Gasteiger partial charge in [-0.15, -0.1) is 0 Å². The van der Waals surface area contributed by atoms with Crippen molar-refractivity contribution < 1.29 is 4.12 Å². The van der Waals surface area contributed by atoms with Crippen LogP contribution in [0.2, 0.25) is 38.8 Å². The second-order valence-corrected chi connectivity index (χ2v) is 16.8. The van der Waals surface area contributed by atoms with Gasteiger partial charge in [-0.3, -0.25) is 0 Å². The van der Waals surface area contributed by atoms with Crippen LogP contribution in [0.15, 0.2) is 29.4 Å². The van der Waals surface area contributed by atoms with Crippen LogP contribution in [0.3, 0.4) is 0 Å². The lowest BCUT2D eigenvalue weighted by Gasteiger charge is -2.32. The highest BCUT2D eigenvalue weighted by molar-refractivity contribution is 6.84. The van der Waals surface area contributed by atoms with E-state index in [1.54, 1.807) is 0 Å². The summed E-state index contributed by atoms with van der Waals surface area (Å²) in [5, 5.41) is 3.61. The molecule has 0 aromatic heterocycles. The SMILES string of the molecule is CCC(CC[Si](C)(C)O[Si](C)(C)C)c1ccc(CN=[N+]=[N-])cc1. The van der Waals surface area contributed by atoms with Crippen molar-refractivity contribution in [3.8, 4) is 0 Å². The molecule has 0 saturated heterocycles. The van der Waals surface area contributed by atoms with Crippen LogP contribution in [0, 0.1) is 0 Å². The maximum Gasteiger partial charge on any atom is 0.173 e. The molecule has 0 aliphatic heterocycles. The molecule has 1 aromatic rings. The first-order chi connectivity index (χ1) is 10.7. The molecule has 6 heteroatoms. The summed E-state index contributed by atoms with van der Waals surface area (Å²) in [7, 11) is -3.03. The summed E-state index contributed by atoms with van der Waals surface area (Å²) < 4.78 is 6.45. The van der Waals surface area contributed by atoms with Gasteiger partial charge in [-0.25, -0.2) is 0 Å². The molecule has 0 amide bonds. The zero-order valence-electron chi connectivity index (χ0n) is 15.5. The van der Waals surface area contributed by atoms with Gasteiger partial charge < -0.3 is 4.12 Å². The summed E-state index contributed by atoms with van der Waals surface area (Å²) in [4.78, 5) is 2.81. The molecule has 0 N–H and O–H groups in total. The zero-order chi connectivity index (χ0) is 17.5. The maximum atomic E-state index is 8.39. The van der Waals surface area contributed by atoms with Crippen LogP contribution in [0.5, 0.6) is 0 Å². The number of hydrogen-bond donors (Lipinski definition) is 0. The van der Waals surface area contributed by atoms with Gasteiger partial charge in [-0.1, -0.05) is 36.3 Å². The summed E-state index contributed by atoms with van der Waals surface area (Å²) in [5.74, 6) is 0.584. The molecule has 0 aliphatic carbocycles. The van der Waals surface area contributed by atoms with E-state index < -0.39 is 16.6 Å². The van der Waals surface area contributed by atoms with Gasteiger partial charge >= 0.3 is 0 Å². The molecule has 0 saturated carbocycles. The van der Waals surface area contributed by atoms with E-state index in [0.29, 0.717) is 12.5 Å². The maximum absolute atomic E-state index is 8.39. The van der Waals surface area contributed by atoms with Crippen molar-refractivity contribution in [3.63, 3.8) is 0 Å². The quantitative estimate of drug-likeness (QED) is 0.219. The number of azide groups is 1. The van der Waals surface area contributed by atoms with E-state index in [1.165, 1.54) is 18.0 Å². The molecule has 0 bridgehead atoms. The molecule has 1 unspecified atom stereocenters. The van der Waals surface area contributed by atoms with Crippen LogP contribution >= 0.6 is 0 Å². The fourth-order valence-corrected chi connectivity index (χ4v) is 11.1. The Labute approximate surface area is 143 Å². The average molecular weight is 350 g/mol. The van der Waals surface area contributed by atoms with Crippen LogP contribution in [-0.2, 0) is 10.7 Å². The van der Waals surface area contributed by atoms with Crippen LogP contribution in [0.1, 0.15) is 36.8 Å². The molecule has 1 atom stereocenters. The Balaban J connectivity index is 2.68. The van der Waals surface area contributed by atoms with Gasteiger partial charge in [0.1, 0.15) is 0 Å². The van der Waals surface area contributed by atoms with E-state index in [2.05, 4.69) is 74.0 Å². The van der Waals surface area contributed by atoms with E-state index in [0.717, 1.165) is 12.0 Å². The number of rotatable bonds is 9. The normalized spacial score (nSPS) is 13.5. The van der Waals surface area contributed by atoms with Gasteiger partial charge in [0.25, 0.3) is 0 Å². The van der Waals surface area contributed by atoms with Gasteiger partial charge in [0, 0.05) is 4.91 Å². The molecule has 0 fully saturated rings. The lowest BCUT2D eigenvalue weighted by atomic mass is 9.93. The van der Waals surface area contributed by atoms with Crippen molar-refractivity contribution in [3.05, 3.63) is 45.8 Å². The number of benzene rings is 1. The Morgan fingerprint density at radius 2 is 1.74 bits per heavy atom. The van der Waals surface area contributed by atoms with Crippen LogP contribution in [0.25, 0.3) is 10.4 Å². The summed E-state index contributed by atoms with van der Waals surface area (Å²) >= 11 is 0. The summed E-state index contributed by atoms with van der Waals surface area (Å²) in [6.45, 7) is 14.2. The smallest absolute Gasteiger partial charge is 0.173 e. The number of nitrogens with zero attached hydrogens (tertiary/aromatic N) is 3. The second kappa shape index (κ2) is 8.69. The van der Waals surface area contributed by atoms with Gasteiger partial charge in [0.2, 0.25) is 0 Å². The van der Waals surface area contributed by atoms with Crippen LogP contribution in [-0.4, -0.2) is 16.6 Å². The molecule has 1 rings (SSSR count). The van der Waals surface area contributed by atoms with Crippen LogP contribution in [0.4, 0.5) is 0 Å². The molecule has 1 aromatic carbocycles. The van der Waals surface area contributed by atoms with E-state index in [1.807, 2.05) is 0 Å². The Hall–Kier alpha value is -1.08. The van der Waals surface area contributed by atoms with Crippen molar-refractivity contribution >= 4 is 16.6 Å². The van der Waals surface area contributed by atoms with Gasteiger partial charge in [-0.05, 0) is 74.2 Å². The summed E-state index contributed by atoms with van der Waals surface area (Å²) in [5.41, 5.74) is 10.8. The Morgan fingerprint density at radius 3 is 2.22 bits per heavy atom. The van der Waals surface area contributed by atoms with Gasteiger partial charge in [0.15, 0.2) is 16.6 Å². The van der Waals surface area contributed by atoms with Crippen molar-refractivity contribution in [2.45, 2.75) is 71.0 Å². The van der Waals surface area contributed by atoms with Gasteiger partial charge in [-0.2, -0.15) is 0 Å². The highest BCUT2D eigenvalue weighted by atomic mass is 28.4. The van der Waals surface area contributed by atoms with Crippen molar-refractivity contribution in [2.24, 2.45) is 5.11 Å². The predicted molar refractivity (Wildman–Crippen MR) is 104 cm³/mol. The Morgan fingerprint density at radius 1 is 1.13 bits per heavy atom. The largest absolute Gasteiger partial charge is 0.456 e. The second-order valence-electron chi connectivity index (χ2n) is 7.75.